The summed E-state index contributed by atoms with van der Waals surface area (Å²) >= 11 is 23.6. The zero-order valence-electron chi connectivity index (χ0n) is 8.15. The normalized spacial score (nSPS) is 10.6. The van der Waals surface area contributed by atoms with E-state index >= 15 is 0 Å². The van der Waals surface area contributed by atoms with Gasteiger partial charge in [0, 0.05) is 17.3 Å². The molecule has 1 aromatic heterocycles. The SMILES string of the molecule is Fc1nccc(-c2ccc(Cl)c(Cl)c2Cl)c1Cl. The van der Waals surface area contributed by atoms with Crippen LogP contribution in [0, 0.1) is 5.95 Å². The first-order chi connectivity index (χ1) is 8.02. The molecule has 0 aliphatic heterocycles. The highest BCUT2D eigenvalue weighted by atomic mass is 35.5. The Hall–Kier alpha value is -0.540. The van der Waals surface area contributed by atoms with Gasteiger partial charge in [-0.1, -0.05) is 52.5 Å². The van der Waals surface area contributed by atoms with Crippen LogP contribution < -0.4 is 0 Å². The third-order valence-electron chi connectivity index (χ3n) is 2.17. The topological polar surface area (TPSA) is 12.9 Å². The van der Waals surface area contributed by atoms with Gasteiger partial charge < -0.3 is 0 Å². The molecule has 1 aromatic carbocycles. The van der Waals surface area contributed by atoms with E-state index in [1.165, 1.54) is 6.20 Å². The Morgan fingerprint density at radius 2 is 1.47 bits per heavy atom. The second kappa shape index (κ2) is 4.99. The van der Waals surface area contributed by atoms with Crippen molar-refractivity contribution in [2.24, 2.45) is 0 Å². The van der Waals surface area contributed by atoms with E-state index in [0.29, 0.717) is 16.1 Å². The van der Waals surface area contributed by atoms with Crippen molar-refractivity contribution in [3.8, 4) is 11.1 Å². The number of aromatic nitrogens is 1. The van der Waals surface area contributed by atoms with E-state index in [4.69, 9.17) is 46.4 Å². The van der Waals surface area contributed by atoms with Crippen LogP contribution in [0.4, 0.5) is 4.39 Å². The molecule has 0 N–H and O–H groups in total. The molecule has 0 saturated carbocycles. The first kappa shape index (κ1) is 12.9. The van der Waals surface area contributed by atoms with Crippen LogP contribution in [0.25, 0.3) is 11.1 Å². The number of hydrogen-bond donors (Lipinski definition) is 0. The maximum Gasteiger partial charge on any atom is 0.232 e. The third-order valence-corrected chi connectivity index (χ3v) is 3.83. The quantitative estimate of drug-likeness (QED) is 0.500. The van der Waals surface area contributed by atoms with Crippen LogP contribution in [0.3, 0.4) is 0 Å². The van der Waals surface area contributed by atoms with Crippen LogP contribution in [0.2, 0.25) is 20.1 Å². The molecule has 17 heavy (non-hydrogen) atoms. The summed E-state index contributed by atoms with van der Waals surface area (Å²) in [5, 5.41) is 0.657. The Morgan fingerprint density at radius 1 is 0.824 bits per heavy atom. The molecule has 88 valence electrons. The zero-order chi connectivity index (χ0) is 12.6. The summed E-state index contributed by atoms with van der Waals surface area (Å²) in [4.78, 5) is 3.43. The summed E-state index contributed by atoms with van der Waals surface area (Å²) in [5.41, 5.74) is 0.926. The molecular weight excluding hydrogens is 307 g/mol. The Morgan fingerprint density at radius 3 is 2.18 bits per heavy atom. The summed E-state index contributed by atoms with van der Waals surface area (Å²) in [6.45, 7) is 0. The van der Waals surface area contributed by atoms with Crippen LogP contribution in [-0.2, 0) is 0 Å². The van der Waals surface area contributed by atoms with E-state index in [1.807, 2.05) is 0 Å². The van der Waals surface area contributed by atoms with Crippen molar-refractivity contribution in [2.75, 3.05) is 0 Å². The predicted molar refractivity (Wildman–Crippen MR) is 69.7 cm³/mol. The number of halogens is 5. The van der Waals surface area contributed by atoms with E-state index in [1.54, 1.807) is 18.2 Å². The molecule has 2 aromatic rings. The van der Waals surface area contributed by atoms with Crippen molar-refractivity contribution < 1.29 is 4.39 Å². The average Bonchev–Trinajstić information content (AvgIpc) is 2.31. The number of benzene rings is 1. The van der Waals surface area contributed by atoms with E-state index in [9.17, 15) is 4.39 Å². The molecule has 2 rings (SSSR count). The molecule has 1 heterocycles. The largest absolute Gasteiger partial charge is 0.232 e. The zero-order valence-corrected chi connectivity index (χ0v) is 11.2. The number of rotatable bonds is 1. The van der Waals surface area contributed by atoms with Crippen molar-refractivity contribution in [3.63, 3.8) is 0 Å². The second-order valence-electron chi connectivity index (χ2n) is 3.19. The molecule has 0 amide bonds. The maximum atomic E-state index is 13.2. The lowest BCUT2D eigenvalue weighted by Crippen LogP contribution is -1.89. The molecule has 0 saturated heterocycles. The third kappa shape index (κ3) is 2.36. The van der Waals surface area contributed by atoms with Crippen LogP contribution in [0.1, 0.15) is 0 Å². The van der Waals surface area contributed by atoms with Crippen molar-refractivity contribution in [1.29, 1.82) is 0 Å². The predicted octanol–water partition coefficient (Wildman–Crippen LogP) is 5.50. The van der Waals surface area contributed by atoms with E-state index < -0.39 is 5.95 Å². The van der Waals surface area contributed by atoms with Crippen LogP contribution in [0.5, 0.6) is 0 Å². The van der Waals surface area contributed by atoms with E-state index in [0.717, 1.165) is 0 Å². The first-order valence-electron chi connectivity index (χ1n) is 4.46. The molecule has 6 heteroatoms. The highest BCUT2D eigenvalue weighted by Gasteiger charge is 2.15. The first-order valence-corrected chi connectivity index (χ1v) is 5.97. The molecule has 0 bridgehead atoms. The van der Waals surface area contributed by atoms with Crippen LogP contribution in [-0.4, -0.2) is 4.98 Å². The summed E-state index contributed by atoms with van der Waals surface area (Å²) in [5.74, 6) is -0.758. The summed E-state index contributed by atoms with van der Waals surface area (Å²) in [7, 11) is 0. The van der Waals surface area contributed by atoms with Gasteiger partial charge in [0.1, 0.15) is 5.02 Å². The Kier molecular flexibility index (Phi) is 3.79. The second-order valence-corrected chi connectivity index (χ2v) is 4.73. The van der Waals surface area contributed by atoms with Gasteiger partial charge in [-0.2, -0.15) is 4.39 Å². The van der Waals surface area contributed by atoms with Crippen molar-refractivity contribution in [3.05, 3.63) is 50.4 Å². The highest BCUT2D eigenvalue weighted by Crippen LogP contribution is 2.40. The van der Waals surface area contributed by atoms with Crippen LogP contribution >= 0.6 is 46.4 Å². The van der Waals surface area contributed by atoms with Crippen LogP contribution in [0.15, 0.2) is 24.4 Å². The summed E-state index contributed by atoms with van der Waals surface area (Å²) in [6.07, 6.45) is 1.30. The molecule has 0 unspecified atom stereocenters. The lowest BCUT2D eigenvalue weighted by molar-refractivity contribution is 0.585. The minimum Gasteiger partial charge on any atom is -0.227 e. The van der Waals surface area contributed by atoms with Gasteiger partial charge in [0.25, 0.3) is 0 Å². The van der Waals surface area contributed by atoms with Gasteiger partial charge in [0.05, 0.1) is 15.1 Å². The highest BCUT2D eigenvalue weighted by molar-refractivity contribution is 6.49. The molecule has 0 atom stereocenters. The molecular formula is C11H4Cl4FN. The van der Waals surface area contributed by atoms with Gasteiger partial charge in [-0.25, -0.2) is 4.98 Å². The summed E-state index contributed by atoms with van der Waals surface area (Å²) < 4.78 is 13.2. The standard InChI is InChI=1S/C11H4Cl4FN/c12-7-2-1-5(8(13)10(7)15)6-3-4-17-11(16)9(6)14/h1-4H. The molecule has 0 fully saturated rings. The minimum atomic E-state index is -0.758. The minimum absolute atomic E-state index is 0.104. The molecule has 1 nitrogen and oxygen atoms in total. The number of nitrogens with zero attached hydrogens (tertiary/aromatic N) is 1. The fraction of sp³-hybridized carbons (Fsp3) is 0. The summed E-state index contributed by atoms with van der Waals surface area (Å²) in [6, 6.07) is 4.74. The molecule has 0 radical (unpaired) electrons. The van der Waals surface area contributed by atoms with Gasteiger partial charge in [-0.05, 0) is 12.1 Å². The van der Waals surface area contributed by atoms with E-state index in [-0.39, 0.29) is 15.1 Å². The monoisotopic (exact) mass is 309 g/mol. The average molecular weight is 311 g/mol. The van der Waals surface area contributed by atoms with Gasteiger partial charge in [-0.3, -0.25) is 0 Å². The Balaban J connectivity index is 2.69. The smallest absolute Gasteiger partial charge is 0.227 e. The fourth-order valence-electron chi connectivity index (χ4n) is 1.36. The number of hydrogen-bond acceptors (Lipinski definition) is 1. The maximum absolute atomic E-state index is 13.2. The Labute approximate surface area is 117 Å². The number of pyridine rings is 1. The van der Waals surface area contributed by atoms with Gasteiger partial charge in [-0.15, -0.1) is 0 Å². The van der Waals surface area contributed by atoms with Crippen molar-refractivity contribution >= 4 is 46.4 Å². The lowest BCUT2D eigenvalue weighted by atomic mass is 10.1. The van der Waals surface area contributed by atoms with Gasteiger partial charge in [0.2, 0.25) is 5.95 Å². The van der Waals surface area contributed by atoms with Crippen molar-refractivity contribution in [2.45, 2.75) is 0 Å². The molecule has 0 aliphatic rings. The van der Waals surface area contributed by atoms with Gasteiger partial charge >= 0.3 is 0 Å². The lowest BCUT2D eigenvalue weighted by Gasteiger charge is -2.09. The van der Waals surface area contributed by atoms with Gasteiger partial charge in [0.15, 0.2) is 0 Å². The fourth-order valence-corrected chi connectivity index (χ4v) is 2.21. The molecule has 0 aliphatic carbocycles. The van der Waals surface area contributed by atoms with Crippen molar-refractivity contribution in [1.82, 2.24) is 4.98 Å². The van der Waals surface area contributed by atoms with E-state index in [2.05, 4.69) is 4.98 Å². The molecule has 0 spiro atoms. The Bertz CT molecular complexity index is 586.